The smallest absolute Gasteiger partial charge is 0.239 e. The number of amides is 2. The predicted molar refractivity (Wildman–Crippen MR) is 69.0 cm³/mol. The van der Waals surface area contributed by atoms with Gasteiger partial charge in [-0.05, 0) is 12.8 Å². The number of carbonyl (C=O) groups excluding carboxylic acids is 2. The predicted octanol–water partition coefficient (Wildman–Crippen LogP) is 0.714. The summed E-state index contributed by atoms with van der Waals surface area (Å²) in [6, 6.07) is 0. The number of hydrogen-bond donors (Lipinski definition) is 3. The molecule has 1 fully saturated rings. The van der Waals surface area contributed by atoms with Crippen molar-refractivity contribution < 1.29 is 14.7 Å². The zero-order valence-electron chi connectivity index (χ0n) is 11.1. The van der Waals surface area contributed by atoms with Crippen molar-refractivity contribution in [1.29, 1.82) is 0 Å². The molecule has 0 aliphatic heterocycles. The number of aliphatic hydroxyl groups is 1. The summed E-state index contributed by atoms with van der Waals surface area (Å²) in [5.74, 6) is -0.382. The van der Waals surface area contributed by atoms with E-state index >= 15 is 0 Å². The zero-order chi connectivity index (χ0) is 13.4. The summed E-state index contributed by atoms with van der Waals surface area (Å²) in [5, 5.41) is 15.5. The Morgan fingerprint density at radius 3 is 2.22 bits per heavy atom. The van der Waals surface area contributed by atoms with Crippen LogP contribution >= 0.6 is 0 Å². The first-order valence-corrected chi connectivity index (χ1v) is 6.81. The molecule has 0 saturated heterocycles. The first-order valence-electron chi connectivity index (χ1n) is 6.81. The molecule has 1 aliphatic rings. The van der Waals surface area contributed by atoms with Crippen LogP contribution < -0.4 is 10.6 Å². The minimum atomic E-state index is -0.763. The van der Waals surface area contributed by atoms with E-state index in [1.165, 1.54) is 0 Å². The lowest BCUT2D eigenvalue weighted by atomic mass is 9.94. The van der Waals surface area contributed by atoms with Gasteiger partial charge in [-0.2, -0.15) is 0 Å². The van der Waals surface area contributed by atoms with Gasteiger partial charge < -0.3 is 15.7 Å². The van der Waals surface area contributed by atoms with Crippen molar-refractivity contribution in [3.63, 3.8) is 0 Å². The SMILES string of the molecule is CCC(=O)NCC(=O)NCC1(O)CCCCCC1. The third-order valence-corrected chi connectivity index (χ3v) is 3.42. The number of hydrogen-bond acceptors (Lipinski definition) is 3. The maximum atomic E-state index is 11.5. The van der Waals surface area contributed by atoms with Crippen LogP contribution in [0.5, 0.6) is 0 Å². The summed E-state index contributed by atoms with van der Waals surface area (Å²) in [5.41, 5.74) is -0.763. The van der Waals surface area contributed by atoms with E-state index in [9.17, 15) is 14.7 Å². The largest absolute Gasteiger partial charge is 0.388 e. The van der Waals surface area contributed by atoms with Crippen molar-refractivity contribution in [2.45, 2.75) is 57.5 Å². The third-order valence-electron chi connectivity index (χ3n) is 3.42. The van der Waals surface area contributed by atoms with E-state index in [1.807, 2.05) is 0 Å². The van der Waals surface area contributed by atoms with Gasteiger partial charge in [-0.25, -0.2) is 0 Å². The quantitative estimate of drug-likeness (QED) is 0.634. The standard InChI is InChI=1S/C13H24N2O3/c1-2-11(16)14-9-12(17)15-10-13(18)7-5-3-4-6-8-13/h18H,2-10H2,1H3,(H,14,16)(H,15,17). The van der Waals surface area contributed by atoms with Gasteiger partial charge in [0.2, 0.25) is 11.8 Å². The highest BCUT2D eigenvalue weighted by Crippen LogP contribution is 2.26. The molecule has 0 aromatic heterocycles. The number of carbonyl (C=O) groups is 2. The van der Waals surface area contributed by atoms with Crippen molar-refractivity contribution in [2.75, 3.05) is 13.1 Å². The van der Waals surface area contributed by atoms with Gasteiger partial charge >= 0.3 is 0 Å². The van der Waals surface area contributed by atoms with Gasteiger partial charge in [0.15, 0.2) is 0 Å². The van der Waals surface area contributed by atoms with Crippen LogP contribution in [0.4, 0.5) is 0 Å². The molecule has 0 heterocycles. The fourth-order valence-corrected chi connectivity index (χ4v) is 2.19. The summed E-state index contributed by atoms with van der Waals surface area (Å²) in [6.45, 7) is 2.01. The summed E-state index contributed by atoms with van der Waals surface area (Å²) in [4.78, 5) is 22.5. The minimum Gasteiger partial charge on any atom is -0.388 e. The maximum Gasteiger partial charge on any atom is 0.239 e. The van der Waals surface area contributed by atoms with Crippen molar-refractivity contribution in [1.82, 2.24) is 10.6 Å². The fraction of sp³-hybridized carbons (Fsp3) is 0.846. The summed E-state index contributed by atoms with van der Waals surface area (Å²) >= 11 is 0. The van der Waals surface area contributed by atoms with Gasteiger partial charge in [0.05, 0.1) is 12.1 Å². The van der Waals surface area contributed by atoms with Gasteiger partial charge in [0.25, 0.3) is 0 Å². The lowest BCUT2D eigenvalue weighted by Crippen LogP contribution is -2.45. The highest BCUT2D eigenvalue weighted by molar-refractivity contribution is 5.84. The molecular weight excluding hydrogens is 232 g/mol. The average molecular weight is 256 g/mol. The van der Waals surface area contributed by atoms with Crippen LogP contribution in [0.15, 0.2) is 0 Å². The Morgan fingerprint density at radius 1 is 1.06 bits per heavy atom. The van der Waals surface area contributed by atoms with E-state index in [0.29, 0.717) is 6.42 Å². The molecule has 2 amide bonds. The van der Waals surface area contributed by atoms with Gasteiger partial charge in [-0.3, -0.25) is 9.59 Å². The van der Waals surface area contributed by atoms with Crippen molar-refractivity contribution in [2.24, 2.45) is 0 Å². The highest BCUT2D eigenvalue weighted by atomic mass is 16.3. The Bertz CT molecular complexity index is 284. The molecule has 5 heteroatoms. The topological polar surface area (TPSA) is 78.4 Å². The second kappa shape index (κ2) is 7.36. The third kappa shape index (κ3) is 5.49. The molecule has 0 radical (unpaired) electrons. The van der Waals surface area contributed by atoms with Gasteiger partial charge in [-0.15, -0.1) is 0 Å². The second-order valence-electron chi connectivity index (χ2n) is 5.05. The second-order valence-corrected chi connectivity index (χ2v) is 5.05. The lowest BCUT2D eigenvalue weighted by Gasteiger charge is -2.26. The van der Waals surface area contributed by atoms with E-state index in [-0.39, 0.29) is 24.9 Å². The molecule has 0 aromatic rings. The highest BCUT2D eigenvalue weighted by Gasteiger charge is 2.28. The summed E-state index contributed by atoms with van der Waals surface area (Å²) in [7, 11) is 0. The van der Waals surface area contributed by atoms with Crippen LogP contribution in [0.25, 0.3) is 0 Å². The van der Waals surface area contributed by atoms with Crippen LogP contribution in [0, 0.1) is 0 Å². The van der Waals surface area contributed by atoms with Crippen molar-refractivity contribution in [3.05, 3.63) is 0 Å². The van der Waals surface area contributed by atoms with Gasteiger partial charge in [0, 0.05) is 13.0 Å². The van der Waals surface area contributed by atoms with Crippen molar-refractivity contribution >= 4 is 11.8 Å². The Morgan fingerprint density at radius 2 is 1.67 bits per heavy atom. The van der Waals surface area contributed by atoms with Crippen LogP contribution in [-0.2, 0) is 9.59 Å². The van der Waals surface area contributed by atoms with Crippen LogP contribution in [0.2, 0.25) is 0 Å². The summed E-state index contributed by atoms with van der Waals surface area (Å²) in [6.07, 6.45) is 6.20. The van der Waals surface area contributed by atoms with Gasteiger partial charge in [0.1, 0.15) is 0 Å². The molecular formula is C13H24N2O3. The Balaban J connectivity index is 2.25. The number of nitrogens with one attached hydrogen (secondary N) is 2. The average Bonchev–Trinajstić information content (AvgIpc) is 2.59. The van der Waals surface area contributed by atoms with E-state index in [1.54, 1.807) is 6.92 Å². The lowest BCUT2D eigenvalue weighted by molar-refractivity contribution is -0.126. The molecule has 0 spiro atoms. The first kappa shape index (κ1) is 15.0. The van der Waals surface area contributed by atoms with E-state index < -0.39 is 5.60 Å². The molecule has 104 valence electrons. The van der Waals surface area contributed by atoms with Crippen LogP contribution in [0.1, 0.15) is 51.9 Å². The Labute approximate surface area is 108 Å². The molecule has 3 N–H and O–H groups in total. The summed E-state index contributed by atoms with van der Waals surface area (Å²) < 4.78 is 0. The maximum absolute atomic E-state index is 11.5. The number of rotatable bonds is 5. The Hall–Kier alpha value is -1.10. The van der Waals surface area contributed by atoms with Crippen LogP contribution in [0.3, 0.4) is 0 Å². The molecule has 1 aliphatic carbocycles. The molecule has 1 saturated carbocycles. The first-order chi connectivity index (χ1) is 8.56. The van der Waals surface area contributed by atoms with Gasteiger partial charge in [-0.1, -0.05) is 32.6 Å². The molecule has 0 unspecified atom stereocenters. The van der Waals surface area contributed by atoms with E-state index in [2.05, 4.69) is 10.6 Å². The molecule has 0 atom stereocenters. The van der Waals surface area contributed by atoms with Crippen LogP contribution in [-0.4, -0.2) is 35.6 Å². The van der Waals surface area contributed by atoms with Crippen molar-refractivity contribution in [3.8, 4) is 0 Å². The zero-order valence-corrected chi connectivity index (χ0v) is 11.1. The monoisotopic (exact) mass is 256 g/mol. The minimum absolute atomic E-state index is 0.0112. The normalized spacial score (nSPS) is 18.8. The Kier molecular flexibility index (Phi) is 6.12. The molecule has 0 aromatic carbocycles. The van der Waals surface area contributed by atoms with E-state index in [0.717, 1.165) is 38.5 Å². The molecule has 0 bridgehead atoms. The van der Waals surface area contributed by atoms with E-state index in [4.69, 9.17) is 0 Å². The molecule has 18 heavy (non-hydrogen) atoms. The fourth-order valence-electron chi connectivity index (χ4n) is 2.19. The molecule has 1 rings (SSSR count). The molecule has 5 nitrogen and oxygen atoms in total.